The van der Waals surface area contributed by atoms with Gasteiger partial charge in [0.05, 0.1) is 12.3 Å². The molecule has 1 aromatic rings. The maximum Gasteiger partial charge on any atom is 0.263 e. The van der Waals surface area contributed by atoms with Gasteiger partial charge in [-0.15, -0.1) is 0 Å². The zero-order valence-corrected chi connectivity index (χ0v) is 11.1. The van der Waals surface area contributed by atoms with Gasteiger partial charge in [0.2, 0.25) is 0 Å². The minimum atomic E-state index is -0.697. The SMILES string of the molecule is CN1C(=O)[C@]2(C[C@H](I)CO2)c2ccccc21. The number of benzene rings is 1. The van der Waals surface area contributed by atoms with E-state index in [1.54, 1.807) is 4.90 Å². The lowest BCUT2D eigenvalue weighted by atomic mass is 9.92. The van der Waals surface area contributed by atoms with Gasteiger partial charge in [-0.3, -0.25) is 4.79 Å². The van der Waals surface area contributed by atoms with Crippen LogP contribution in [-0.4, -0.2) is 23.5 Å². The fourth-order valence-electron chi connectivity index (χ4n) is 2.60. The molecule has 1 amide bonds. The van der Waals surface area contributed by atoms with E-state index in [0.29, 0.717) is 10.5 Å². The second kappa shape index (κ2) is 3.43. The molecule has 4 heteroatoms. The minimum absolute atomic E-state index is 0.0767. The summed E-state index contributed by atoms with van der Waals surface area (Å²) >= 11 is 2.35. The van der Waals surface area contributed by atoms with E-state index >= 15 is 0 Å². The number of para-hydroxylation sites is 1. The molecule has 0 N–H and O–H groups in total. The fraction of sp³-hybridized carbons (Fsp3) is 0.417. The van der Waals surface area contributed by atoms with Gasteiger partial charge in [-0.2, -0.15) is 0 Å². The van der Waals surface area contributed by atoms with Gasteiger partial charge in [-0.25, -0.2) is 0 Å². The third-order valence-corrected chi connectivity index (χ3v) is 4.17. The van der Waals surface area contributed by atoms with Gasteiger partial charge in [-0.1, -0.05) is 40.8 Å². The van der Waals surface area contributed by atoms with Crippen molar-refractivity contribution in [1.29, 1.82) is 0 Å². The Hall–Kier alpha value is -0.620. The van der Waals surface area contributed by atoms with Crippen LogP contribution in [0.4, 0.5) is 5.69 Å². The molecule has 0 bridgehead atoms. The van der Waals surface area contributed by atoms with Crippen LogP contribution >= 0.6 is 22.6 Å². The maximum absolute atomic E-state index is 12.3. The van der Waals surface area contributed by atoms with Gasteiger partial charge in [0.25, 0.3) is 5.91 Å². The molecule has 3 rings (SSSR count). The van der Waals surface area contributed by atoms with Crippen LogP contribution in [0, 0.1) is 0 Å². The van der Waals surface area contributed by atoms with Crippen molar-refractivity contribution in [3.05, 3.63) is 29.8 Å². The Morgan fingerprint density at radius 2 is 2.25 bits per heavy atom. The normalized spacial score (nSPS) is 32.5. The molecule has 84 valence electrons. The first-order valence-electron chi connectivity index (χ1n) is 5.31. The van der Waals surface area contributed by atoms with Crippen molar-refractivity contribution in [2.24, 2.45) is 0 Å². The second-order valence-corrected chi connectivity index (χ2v) is 6.08. The summed E-state index contributed by atoms with van der Waals surface area (Å²) < 4.78 is 6.24. The van der Waals surface area contributed by atoms with Gasteiger partial charge in [0.15, 0.2) is 5.60 Å². The number of hydrogen-bond donors (Lipinski definition) is 0. The smallest absolute Gasteiger partial charge is 0.263 e. The zero-order valence-electron chi connectivity index (χ0n) is 8.94. The lowest BCUT2D eigenvalue weighted by molar-refractivity contribution is -0.137. The third-order valence-electron chi connectivity index (χ3n) is 3.37. The number of rotatable bonds is 0. The molecule has 0 unspecified atom stereocenters. The molecule has 16 heavy (non-hydrogen) atoms. The van der Waals surface area contributed by atoms with Crippen molar-refractivity contribution >= 4 is 34.2 Å². The Morgan fingerprint density at radius 3 is 2.94 bits per heavy atom. The van der Waals surface area contributed by atoms with Crippen molar-refractivity contribution in [2.75, 3.05) is 18.6 Å². The Balaban J connectivity index is 2.17. The number of hydrogen-bond acceptors (Lipinski definition) is 2. The molecule has 2 aliphatic rings. The summed E-state index contributed by atoms with van der Waals surface area (Å²) in [5.74, 6) is 0.0767. The first kappa shape index (κ1) is 10.5. The summed E-state index contributed by atoms with van der Waals surface area (Å²) in [6, 6.07) is 7.91. The van der Waals surface area contributed by atoms with E-state index in [4.69, 9.17) is 4.74 Å². The predicted octanol–water partition coefficient (Wildman–Crippen LogP) is 2.08. The number of carbonyl (C=O) groups excluding carboxylic acids is 1. The molecule has 1 aromatic carbocycles. The molecule has 2 heterocycles. The lowest BCUT2D eigenvalue weighted by Gasteiger charge is -2.21. The maximum atomic E-state index is 12.3. The highest BCUT2D eigenvalue weighted by Gasteiger charge is 2.54. The summed E-state index contributed by atoms with van der Waals surface area (Å²) in [6.45, 7) is 0.661. The average Bonchev–Trinajstić information content (AvgIpc) is 2.78. The number of anilines is 1. The minimum Gasteiger partial charge on any atom is -0.359 e. The van der Waals surface area contributed by atoms with Crippen molar-refractivity contribution < 1.29 is 9.53 Å². The molecular weight excluding hydrogens is 317 g/mol. The summed E-state index contributed by atoms with van der Waals surface area (Å²) in [4.78, 5) is 14.0. The van der Waals surface area contributed by atoms with E-state index in [1.165, 1.54) is 0 Å². The first-order valence-corrected chi connectivity index (χ1v) is 6.55. The summed E-state index contributed by atoms with van der Waals surface area (Å²) in [5.41, 5.74) is 1.32. The Kier molecular flexibility index (Phi) is 2.26. The average molecular weight is 329 g/mol. The molecule has 3 nitrogen and oxygen atoms in total. The van der Waals surface area contributed by atoms with Crippen LogP contribution in [0.5, 0.6) is 0 Å². The molecule has 1 spiro atoms. The van der Waals surface area contributed by atoms with Crippen LogP contribution in [0.1, 0.15) is 12.0 Å². The van der Waals surface area contributed by atoms with Crippen LogP contribution in [0.3, 0.4) is 0 Å². The van der Waals surface area contributed by atoms with Crippen LogP contribution in [-0.2, 0) is 15.1 Å². The highest BCUT2D eigenvalue weighted by molar-refractivity contribution is 14.1. The highest BCUT2D eigenvalue weighted by Crippen LogP contribution is 2.48. The standard InChI is InChI=1S/C12H12INO2/c1-14-10-5-3-2-4-9(10)12(11(14)15)6-8(13)7-16-12/h2-5,8H,6-7H2,1H3/t8-,12-/m0/s1. The van der Waals surface area contributed by atoms with Crippen molar-refractivity contribution in [1.82, 2.24) is 0 Å². The zero-order chi connectivity index (χ0) is 11.3. The van der Waals surface area contributed by atoms with Gasteiger partial charge < -0.3 is 9.64 Å². The molecular formula is C12H12INO2. The second-order valence-electron chi connectivity index (χ2n) is 4.32. The van der Waals surface area contributed by atoms with E-state index < -0.39 is 5.60 Å². The van der Waals surface area contributed by atoms with E-state index in [1.807, 2.05) is 31.3 Å². The molecule has 0 radical (unpaired) electrons. The summed E-state index contributed by atoms with van der Waals surface area (Å²) in [6.07, 6.45) is 0.785. The third kappa shape index (κ3) is 1.20. The molecule has 0 aromatic heterocycles. The Bertz CT molecular complexity index is 462. The van der Waals surface area contributed by atoms with Crippen LogP contribution in [0.2, 0.25) is 0 Å². The fourth-order valence-corrected chi connectivity index (χ4v) is 3.40. The molecule has 1 fully saturated rings. The van der Waals surface area contributed by atoms with Gasteiger partial charge in [-0.05, 0) is 6.07 Å². The van der Waals surface area contributed by atoms with Crippen LogP contribution < -0.4 is 4.90 Å². The topological polar surface area (TPSA) is 29.5 Å². The number of likely N-dealkylation sites (N-methyl/N-ethyl adjacent to an activating group) is 1. The van der Waals surface area contributed by atoms with E-state index in [0.717, 1.165) is 17.7 Å². The molecule has 0 saturated carbocycles. The summed E-state index contributed by atoms with van der Waals surface area (Å²) in [5, 5.41) is 0. The first-order chi connectivity index (χ1) is 7.65. The predicted molar refractivity (Wildman–Crippen MR) is 69.9 cm³/mol. The molecule has 2 aliphatic heterocycles. The van der Waals surface area contributed by atoms with Gasteiger partial charge in [0.1, 0.15) is 0 Å². The van der Waals surface area contributed by atoms with E-state index in [-0.39, 0.29) is 5.91 Å². The van der Waals surface area contributed by atoms with Gasteiger partial charge in [0, 0.05) is 23.0 Å². The molecule has 0 aliphatic carbocycles. The molecule has 2 atom stereocenters. The van der Waals surface area contributed by atoms with E-state index in [9.17, 15) is 4.79 Å². The number of fused-ring (bicyclic) bond motifs is 2. The largest absolute Gasteiger partial charge is 0.359 e. The Labute approximate surface area is 108 Å². The number of alkyl halides is 1. The Morgan fingerprint density at radius 1 is 1.50 bits per heavy atom. The van der Waals surface area contributed by atoms with Crippen molar-refractivity contribution in [2.45, 2.75) is 15.9 Å². The highest BCUT2D eigenvalue weighted by atomic mass is 127. The molecule has 1 saturated heterocycles. The van der Waals surface area contributed by atoms with Crippen molar-refractivity contribution in [3.63, 3.8) is 0 Å². The van der Waals surface area contributed by atoms with Crippen molar-refractivity contribution in [3.8, 4) is 0 Å². The number of carbonyl (C=O) groups is 1. The number of halogens is 1. The summed E-state index contributed by atoms with van der Waals surface area (Å²) in [7, 11) is 1.82. The number of ether oxygens (including phenoxy) is 1. The van der Waals surface area contributed by atoms with Crippen LogP contribution in [0.15, 0.2) is 24.3 Å². The van der Waals surface area contributed by atoms with Crippen LogP contribution in [0.25, 0.3) is 0 Å². The number of amides is 1. The number of nitrogens with zero attached hydrogens (tertiary/aromatic N) is 1. The monoisotopic (exact) mass is 329 g/mol. The van der Waals surface area contributed by atoms with E-state index in [2.05, 4.69) is 22.6 Å². The van der Waals surface area contributed by atoms with Gasteiger partial charge >= 0.3 is 0 Å². The lowest BCUT2D eigenvalue weighted by Crippen LogP contribution is -2.38. The quantitative estimate of drug-likeness (QED) is 0.539.